The topological polar surface area (TPSA) is 105 Å². The second-order valence-corrected chi connectivity index (χ2v) is 8.26. The first-order chi connectivity index (χ1) is 12.8. The number of anilines is 1. The highest BCUT2D eigenvalue weighted by Gasteiger charge is 2.25. The van der Waals surface area contributed by atoms with Crippen LogP contribution in [0.4, 0.5) is 11.4 Å². The Balaban J connectivity index is 1.82. The van der Waals surface area contributed by atoms with E-state index < -0.39 is 15.9 Å². The molecule has 0 saturated carbocycles. The number of fused-ring (bicyclic) bond motifs is 1. The van der Waals surface area contributed by atoms with E-state index in [9.17, 15) is 18.0 Å². The van der Waals surface area contributed by atoms with Crippen molar-refractivity contribution >= 4 is 38.9 Å². The van der Waals surface area contributed by atoms with Crippen molar-refractivity contribution in [3.05, 3.63) is 54.1 Å². The van der Waals surface area contributed by atoms with Crippen LogP contribution in [0.15, 0.2) is 58.4 Å². The van der Waals surface area contributed by atoms with Crippen molar-refractivity contribution in [1.82, 2.24) is 4.72 Å². The van der Waals surface area contributed by atoms with Crippen LogP contribution < -0.4 is 10.0 Å². The number of rotatable bonds is 5. The van der Waals surface area contributed by atoms with Crippen molar-refractivity contribution in [3.63, 3.8) is 0 Å². The summed E-state index contributed by atoms with van der Waals surface area (Å²) in [5, 5.41) is 2.73. The van der Waals surface area contributed by atoms with Gasteiger partial charge in [-0.1, -0.05) is 32.0 Å². The molecule has 1 aliphatic rings. The van der Waals surface area contributed by atoms with Gasteiger partial charge in [-0.05, 0) is 36.2 Å². The molecule has 2 aromatic carbocycles. The van der Waals surface area contributed by atoms with Gasteiger partial charge in [0.2, 0.25) is 5.91 Å². The van der Waals surface area contributed by atoms with E-state index in [1.165, 1.54) is 24.3 Å². The molecule has 0 unspecified atom stereocenters. The number of aliphatic imine (C=N–C) groups is 1. The average molecular weight is 385 g/mol. The quantitative estimate of drug-likeness (QED) is 0.825. The molecule has 8 heteroatoms. The Hall–Kier alpha value is -3.00. The zero-order chi connectivity index (χ0) is 19.6. The summed E-state index contributed by atoms with van der Waals surface area (Å²) < 4.78 is 26.6. The third-order valence-electron chi connectivity index (χ3n) is 3.88. The van der Waals surface area contributed by atoms with Crippen LogP contribution in [0, 0.1) is 5.92 Å². The van der Waals surface area contributed by atoms with E-state index in [4.69, 9.17) is 0 Å². The molecular weight excluding hydrogens is 366 g/mol. The van der Waals surface area contributed by atoms with Gasteiger partial charge in [0.15, 0.2) is 0 Å². The van der Waals surface area contributed by atoms with E-state index in [0.29, 0.717) is 16.9 Å². The Morgan fingerprint density at radius 2 is 1.78 bits per heavy atom. The third kappa shape index (κ3) is 4.22. The number of hydrogen-bond donors (Lipinski definition) is 2. The van der Waals surface area contributed by atoms with Gasteiger partial charge in [0.25, 0.3) is 15.9 Å². The van der Waals surface area contributed by atoms with E-state index in [-0.39, 0.29) is 28.9 Å². The lowest BCUT2D eigenvalue weighted by molar-refractivity contribution is -0.120. The maximum atomic E-state index is 12.3. The monoisotopic (exact) mass is 385 g/mol. The van der Waals surface area contributed by atoms with E-state index in [2.05, 4.69) is 10.3 Å². The van der Waals surface area contributed by atoms with E-state index in [1.54, 1.807) is 12.1 Å². The van der Waals surface area contributed by atoms with Crippen molar-refractivity contribution in [3.8, 4) is 0 Å². The fourth-order valence-corrected chi connectivity index (χ4v) is 3.66. The van der Waals surface area contributed by atoms with Crippen LogP contribution in [-0.4, -0.2) is 25.9 Å². The van der Waals surface area contributed by atoms with Gasteiger partial charge in [0, 0.05) is 12.0 Å². The number of nitrogens with one attached hydrogen (secondary N) is 2. The van der Waals surface area contributed by atoms with Gasteiger partial charge in [-0.3, -0.25) is 9.59 Å². The second-order valence-electron chi connectivity index (χ2n) is 6.58. The van der Waals surface area contributed by atoms with E-state index >= 15 is 0 Å². The van der Waals surface area contributed by atoms with E-state index in [0.717, 1.165) is 0 Å². The smallest absolute Gasteiger partial charge is 0.275 e. The van der Waals surface area contributed by atoms with Crippen LogP contribution in [-0.2, 0) is 19.6 Å². The molecule has 0 saturated heterocycles. The average Bonchev–Trinajstić information content (AvgIpc) is 2.90. The Morgan fingerprint density at radius 1 is 1.11 bits per heavy atom. The van der Waals surface area contributed by atoms with Gasteiger partial charge in [-0.2, -0.15) is 0 Å². The Labute approximate surface area is 157 Å². The summed E-state index contributed by atoms with van der Waals surface area (Å²) in [5.41, 5.74) is 2.09. The molecular formula is C19H19N3O4S. The fraction of sp³-hybridized carbons (Fsp3) is 0.211. The molecule has 1 heterocycles. The standard InChI is InChI=1S/C19H19N3O4S/c1-12(2)11-17(23)22-27(25,26)14-9-7-13(8-10-14)20-18-15-5-3-4-6-16(15)21-19(18)24/h3-10,12H,11H2,1-2H3,(H,22,23)(H,20,21,24). The van der Waals surface area contributed by atoms with Gasteiger partial charge < -0.3 is 5.32 Å². The maximum absolute atomic E-state index is 12.3. The number of benzene rings is 2. The summed E-state index contributed by atoms with van der Waals surface area (Å²) in [4.78, 5) is 28.1. The Morgan fingerprint density at radius 3 is 2.44 bits per heavy atom. The molecule has 7 nitrogen and oxygen atoms in total. The minimum atomic E-state index is -3.94. The first-order valence-electron chi connectivity index (χ1n) is 8.41. The van der Waals surface area contributed by atoms with Gasteiger partial charge in [0.05, 0.1) is 16.3 Å². The van der Waals surface area contributed by atoms with Crippen molar-refractivity contribution in [2.75, 3.05) is 5.32 Å². The molecule has 0 spiro atoms. The lowest BCUT2D eigenvalue weighted by Gasteiger charge is -2.08. The molecule has 1 aliphatic heterocycles. The number of carbonyl (C=O) groups excluding carboxylic acids is 2. The number of para-hydroxylation sites is 1. The van der Waals surface area contributed by atoms with Gasteiger partial charge in [0.1, 0.15) is 5.71 Å². The van der Waals surface area contributed by atoms with Crippen LogP contribution in [0.1, 0.15) is 25.8 Å². The van der Waals surface area contributed by atoms with Crippen LogP contribution in [0.2, 0.25) is 0 Å². The number of amides is 2. The lowest BCUT2D eigenvalue weighted by atomic mass is 10.1. The first kappa shape index (κ1) is 18.8. The SMILES string of the molecule is CC(C)CC(=O)NS(=O)(=O)c1ccc(N=C2C(=O)Nc3ccccc32)cc1. The maximum Gasteiger partial charge on any atom is 0.275 e. The molecule has 0 aliphatic carbocycles. The van der Waals surface area contributed by atoms with Crippen molar-refractivity contribution in [2.45, 2.75) is 25.2 Å². The summed E-state index contributed by atoms with van der Waals surface area (Å²) >= 11 is 0. The number of nitrogens with zero attached hydrogens (tertiary/aromatic N) is 1. The minimum absolute atomic E-state index is 0.0418. The summed E-state index contributed by atoms with van der Waals surface area (Å²) in [6.45, 7) is 3.66. The molecule has 140 valence electrons. The summed E-state index contributed by atoms with van der Waals surface area (Å²) in [6.07, 6.45) is 0.124. The van der Waals surface area contributed by atoms with Crippen molar-refractivity contribution in [1.29, 1.82) is 0 Å². The minimum Gasteiger partial charge on any atom is -0.320 e. The molecule has 2 amide bonds. The summed E-state index contributed by atoms with van der Waals surface area (Å²) in [5.74, 6) is -0.804. The second kappa shape index (κ2) is 7.32. The van der Waals surface area contributed by atoms with Crippen LogP contribution in [0.25, 0.3) is 0 Å². The molecule has 3 rings (SSSR count). The van der Waals surface area contributed by atoms with Gasteiger partial charge in [-0.15, -0.1) is 0 Å². The molecule has 2 N–H and O–H groups in total. The predicted octanol–water partition coefficient (Wildman–Crippen LogP) is 2.61. The summed E-state index contributed by atoms with van der Waals surface area (Å²) in [6, 6.07) is 12.9. The largest absolute Gasteiger partial charge is 0.320 e. The molecule has 27 heavy (non-hydrogen) atoms. The molecule has 2 aromatic rings. The molecule has 0 atom stereocenters. The lowest BCUT2D eigenvalue weighted by Crippen LogP contribution is -2.31. The molecule has 0 fully saturated rings. The van der Waals surface area contributed by atoms with Crippen LogP contribution in [0.5, 0.6) is 0 Å². The van der Waals surface area contributed by atoms with Crippen molar-refractivity contribution < 1.29 is 18.0 Å². The van der Waals surface area contributed by atoms with Gasteiger partial charge >= 0.3 is 0 Å². The van der Waals surface area contributed by atoms with Gasteiger partial charge in [-0.25, -0.2) is 18.1 Å². The third-order valence-corrected chi connectivity index (χ3v) is 5.26. The Bertz CT molecular complexity index is 1030. The number of sulfonamides is 1. The zero-order valence-corrected chi connectivity index (χ0v) is 15.7. The predicted molar refractivity (Wildman–Crippen MR) is 102 cm³/mol. The molecule has 0 radical (unpaired) electrons. The Kier molecular flexibility index (Phi) is 5.09. The highest BCUT2D eigenvalue weighted by molar-refractivity contribution is 7.90. The van der Waals surface area contributed by atoms with Crippen molar-refractivity contribution in [2.24, 2.45) is 10.9 Å². The normalized spacial score (nSPS) is 14.9. The highest BCUT2D eigenvalue weighted by Crippen LogP contribution is 2.25. The number of carbonyl (C=O) groups is 2. The van der Waals surface area contributed by atoms with E-state index in [1.807, 2.05) is 30.7 Å². The van der Waals surface area contributed by atoms with Crippen LogP contribution >= 0.6 is 0 Å². The first-order valence-corrected chi connectivity index (χ1v) is 9.90. The molecule has 0 aromatic heterocycles. The molecule has 0 bridgehead atoms. The number of hydrogen-bond acceptors (Lipinski definition) is 5. The fourth-order valence-electron chi connectivity index (χ4n) is 2.66. The summed E-state index contributed by atoms with van der Waals surface area (Å²) in [7, 11) is -3.94. The van der Waals surface area contributed by atoms with Crippen LogP contribution in [0.3, 0.4) is 0 Å². The zero-order valence-electron chi connectivity index (χ0n) is 14.9. The highest BCUT2D eigenvalue weighted by atomic mass is 32.2.